The van der Waals surface area contributed by atoms with Crippen molar-refractivity contribution in [3.63, 3.8) is 0 Å². The maximum absolute atomic E-state index is 12.2. The Bertz CT molecular complexity index is 926. The summed E-state index contributed by atoms with van der Waals surface area (Å²) < 4.78 is 28.7. The number of benzene rings is 2. The number of para-hydroxylation sites is 1. The molecule has 0 bridgehead atoms. The summed E-state index contributed by atoms with van der Waals surface area (Å²) in [5, 5.41) is 2.52. The molecule has 7 nitrogen and oxygen atoms in total. The number of hydrogen-bond acceptors (Lipinski definition) is 5. The first kappa shape index (κ1) is 18.9. The van der Waals surface area contributed by atoms with Gasteiger partial charge in [-0.1, -0.05) is 18.2 Å². The van der Waals surface area contributed by atoms with Gasteiger partial charge in [0.05, 0.1) is 11.5 Å². The van der Waals surface area contributed by atoms with Gasteiger partial charge in [0, 0.05) is 18.8 Å². The van der Waals surface area contributed by atoms with Gasteiger partial charge in [0.15, 0.2) is 9.84 Å². The zero-order valence-electron chi connectivity index (χ0n) is 14.8. The summed E-state index contributed by atoms with van der Waals surface area (Å²) in [6.45, 7) is 0. The predicted molar refractivity (Wildman–Crippen MR) is 101 cm³/mol. The summed E-state index contributed by atoms with van der Waals surface area (Å²) in [4.78, 5) is 25.6. The van der Waals surface area contributed by atoms with Gasteiger partial charge in [-0.05, 0) is 42.8 Å². The Morgan fingerprint density at radius 3 is 2.26 bits per heavy atom. The highest BCUT2D eigenvalue weighted by Crippen LogP contribution is 2.23. The van der Waals surface area contributed by atoms with Crippen molar-refractivity contribution in [3.05, 3.63) is 54.6 Å². The van der Waals surface area contributed by atoms with Gasteiger partial charge in [0.25, 0.3) is 0 Å². The summed E-state index contributed by atoms with van der Waals surface area (Å²) >= 11 is 0. The monoisotopic (exact) mass is 388 g/mol. The molecule has 0 radical (unpaired) electrons. The maximum atomic E-state index is 12.2. The third-order valence-electron chi connectivity index (χ3n) is 4.36. The van der Waals surface area contributed by atoms with E-state index >= 15 is 0 Å². The summed E-state index contributed by atoms with van der Waals surface area (Å²) in [5.74, 6) is -0.343. The van der Waals surface area contributed by atoms with Crippen molar-refractivity contribution < 1.29 is 22.7 Å². The second-order valence-electron chi connectivity index (χ2n) is 6.37. The lowest BCUT2D eigenvalue weighted by Crippen LogP contribution is -2.43. The molecule has 1 aliphatic heterocycles. The average molecular weight is 388 g/mol. The average Bonchev–Trinajstić information content (AvgIpc) is 3.02. The highest BCUT2D eigenvalue weighted by molar-refractivity contribution is 7.91. The van der Waals surface area contributed by atoms with Crippen LogP contribution in [0.15, 0.2) is 54.6 Å². The molecule has 1 aliphatic rings. The Balaban J connectivity index is 1.58. The minimum atomic E-state index is -3.13. The third kappa shape index (κ3) is 4.85. The molecular weight excluding hydrogens is 368 g/mol. The molecule has 0 saturated carbocycles. The minimum Gasteiger partial charge on any atom is -0.457 e. The molecule has 1 N–H and O–H groups in total. The van der Waals surface area contributed by atoms with Gasteiger partial charge in [0.1, 0.15) is 11.5 Å². The second-order valence-corrected chi connectivity index (χ2v) is 8.60. The number of nitrogens with zero attached hydrogens (tertiary/aromatic N) is 1. The van der Waals surface area contributed by atoms with Gasteiger partial charge in [0.2, 0.25) is 0 Å². The van der Waals surface area contributed by atoms with E-state index in [1.807, 2.05) is 30.3 Å². The number of carbonyl (C=O) groups excluding carboxylic acids is 2. The molecule has 1 unspecified atom stereocenters. The fourth-order valence-corrected chi connectivity index (χ4v) is 4.60. The molecule has 3 rings (SSSR count). The first-order valence-electron chi connectivity index (χ1n) is 8.45. The van der Waals surface area contributed by atoms with Crippen LogP contribution >= 0.6 is 0 Å². The molecule has 2 aromatic rings. The van der Waals surface area contributed by atoms with Crippen molar-refractivity contribution in [2.75, 3.05) is 23.9 Å². The van der Waals surface area contributed by atoms with E-state index in [-0.39, 0.29) is 11.5 Å². The second kappa shape index (κ2) is 7.79. The first-order valence-corrected chi connectivity index (χ1v) is 10.3. The lowest BCUT2D eigenvalue weighted by atomic mass is 10.2. The van der Waals surface area contributed by atoms with E-state index in [0.29, 0.717) is 23.6 Å². The van der Waals surface area contributed by atoms with Crippen molar-refractivity contribution in [1.29, 1.82) is 0 Å². The van der Waals surface area contributed by atoms with Crippen LogP contribution in [-0.4, -0.2) is 49.7 Å². The third-order valence-corrected chi connectivity index (χ3v) is 6.11. The molecule has 0 spiro atoms. The smallest absolute Gasteiger partial charge is 0.313 e. The predicted octanol–water partition coefficient (Wildman–Crippen LogP) is 2.06. The number of carbonyl (C=O) groups is 2. The topological polar surface area (TPSA) is 92.8 Å². The van der Waals surface area contributed by atoms with E-state index in [9.17, 15) is 18.0 Å². The van der Waals surface area contributed by atoms with Crippen LogP contribution in [0.25, 0.3) is 0 Å². The zero-order valence-corrected chi connectivity index (χ0v) is 15.6. The Kier molecular flexibility index (Phi) is 5.46. The minimum absolute atomic E-state index is 0.0415. The van der Waals surface area contributed by atoms with Crippen LogP contribution in [0.4, 0.5) is 5.69 Å². The molecule has 1 saturated heterocycles. The van der Waals surface area contributed by atoms with Crippen LogP contribution in [0.2, 0.25) is 0 Å². The van der Waals surface area contributed by atoms with E-state index in [4.69, 9.17) is 4.74 Å². The molecule has 27 heavy (non-hydrogen) atoms. The Morgan fingerprint density at radius 1 is 1.04 bits per heavy atom. The number of rotatable bonds is 4. The van der Waals surface area contributed by atoms with Gasteiger partial charge in [-0.3, -0.25) is 9.59 Å². The van der Waals surface area contributed by atoms with Crippen molar-refractivity contribution in [2.45, 2.75) is 12.5 Å². The fourth-order valence-electron chi connectivity index (χ4n) is 2.82. The molecular formula is C19H20N2O5S. The Morgan fingerprint density at radius 2 is 1.67 bits per heavy atom. The number of amides is 2. The van der Waals surface area contributed by atoms with Crippen LogP contribution in [0.3, 0.4) is 0 Å². The lowest BCUT2D eigenvalue weighted by molar-refractivity contribution is -0.143. The maximum Gasteiger partial charge on any atom is 0.313 e. The zero-order chi connectivity index (χ0) is 19.4. The molecule has 142 valence electrons. The SMILES string of the molecule is CN(C(=O)C(=O)Nc1ccc(Oc2ccccc2)cc1)C1CCS(=O)(=O)C1. The van der Waals surface area contributed by atoms with Crippen LogP contribution in [0.1, 0.15) is 6.42 Å². The molecule has 8 heteroatoms. The number of sulfone groups is 1. The molecule has 1 fully saturated rings. The van der Waals surface area contributed by atoms with Gasteiger partial charge >= 0.3 is 11.8 Å². The summed E-state index contributed by atoms with van der Waals surface area (Å²) in [6, 6.07) is 15.4. The van der Waals surface area contributed by atoms with Crippen LogP contribution < -0.4 is 10.1 Å². The van der Waals surface area contributed by atoms with Crippen LogP contribution in [-0.2, 0) is 19.4 Å². The van der Waals surface area contributed by atoms with Gasteiger partial charge < -0.3 is 15.0 Å². The van der Waals surface area contributed by atoms with Crippen molar-refractivity contribution >= 4 is 27.3 Å². The standard InChI is InChI=1S/C19H20N2O5S/c1-21(15-11-12-27(24,25)13-15)19(23)18(22)20-14-7-9-17(10-8-14)26-16-5-3-2-4-6-16/h2-10,15H,11-13H2,1H3,(H,20,22). The van der Waals surface area contributed by atoms with Crippen LogP contribution in [0, 0.1) is 0 Å². The summed E-state index contributed by atoms with van der Waals surface area (Å²) in [6.07, 6.45) is 0.351. The van der Waals surface area contributed by atoms with E-state index in [0.717, 1.165) is 0 Å². The first-order chi connectivity index (χ1) is 12.8. The van der Waals surface area contributed by atoms with E-state index < -0.39 is 27.7 Å². The molecule has 0 aromatic heterocycles. The number of ether oxygens (including phenoxy) is 1. The highest BCUT2D eigenvalue weighted by atomic mass is 32.2. The number of anilines is 1. The fraction of sp³-hybridized carbons (Fsp3) is 0.263. The van der Waals surface area contributed by atoms with E-state index in [1.54, 1.807) is 24.3 Å². The largest absolute Gasteiger partial charge is 0.457 e. The number of hydrogen-bond donors (Lipinski definition) is 1. The Labute approximate surface area is 157 Å². The molecule has 1 heterocycles. The molecule has 2 amide bonds. The summed E-state index contributed by atoms with van der Waals surface area (Å²) in [7, 11) is -1.68. The van der Waals surface area contributed by atoms with Crippen molar-refractivity contribution in [1.82, 2.24) is 4.90 Å². The van der Waals surface area contributed by atoms with Crippen molar-refractivity contribution in [3.8, 4) is 11.5 Å². The van der Waals surface area contributed by atoms with E-state index in [2.05, 4.69) is 5.32 Å². The molecule has 0 aliphatic carbocycles. The van der Waals surface area contributed by atoms with Crippen molar-refractivity contribution in [2.24, 2.45) is 0 Å². The quantitative estimate of drug-likeness (QED) is 0.810. The number of likely N-dealkylation sites (N-methyl/N-ethyl adjacent to an activating group) is 1. The Hall–Kier alpha value is -2.87. The van der Waals surface area contributed by atoms with Crippen LogP contribution in [0.5, 0.6) is 11.5 Å². The van der Waals surface area contributed by atoms with Gasteiger partial charge in [-0.25, -0.2) is 8.42 Å². The molecule has 2 aromatic carbocycles. The van der Waals surface area contributed by atoms with Gasteiger partial charge in [-0.15, -0.1) is 0 Å². The highest BCUT2D eigenvalue weighted by Gasteiger charge is 2.34. The van der Waals surface area contributed by atoms with E-state index in [1.165, 1.54) is 11.9 Å². The normalized spacial score (nSPS) is 17.9. The van der Waals surface area contributed by atoms with Gasteiger partial charge in [-0.2, -0.15) is 0 Å². The summed E-state index contributed by atoms with van der Waals surface area (Å²) in [5.41, 5.74) is 0.446. The molecule has 1 atom stereocenters. The lowest BCUT2D eigenvalue weighted by Gasteiger charge is -2.22. The number of nitrogens with one attached hydrogen (secondary N) is 1.